The summed E-state index contributed by atoms with van der Waals surface area (Å²) in [5.41, 5.74) is -4.86. The molecular weight excluding hydrogens is 505 g/mol. The minimum atomic E-state index is -5.06. The molecule has 0 amide bonds. The molecule has 0 N–H and O–H groups in total. The Hall–Kier alpha value is -3.95. The molecule has 0 unspecified atom stereocenters. The number of hydrogen-bond donors (Lipinski definition) is 0. The molecule has 2 aromatic carbocycles. The van der Waals surface area contributed by atoms with Gasteiger partial charge in [0.1, 0.15) is 6.26 Å². The Morgan fingerprint density at radius 2 is 1.50 bits per heavy atom. The van der Waals surface area contributed by atoms with Gasteiger partial charge < -0.3 is 8.98 Å². The van der Waals surface area contributed by atoms with Crippen LogP contribution in [0, 0.1) is 13.5 Å². The lowest BCUT2D eigenvalue weighted by atomic mass is 10.0. The van der Waals surface area contributed by atoms with Crippen molar-refractivity contribution in [3.8, 4) is 11.5 Å². The van der Waals surface area contributed by atoms with Crippen molar-refractivity contribution in [2.24, 2.45) is 0 Å². The number of benzene rings is 2. The Bertz CT molecular complexity index is 1470. The summed E-state index contributed by atoms with van der Waals surface area (Å²) in [6, 6.07) is 4.46. The van der Waals surface area contributed by atoms with E-state index in [2.05, 4.69) is 9.83 Å². The van der Waals surface area contributed by atoms with Crippen molar-refractivity contribution >= 4 is 16.6 Å². The molecular formula is C23H12F9N3O. The van der Waals surface area contributed by atoms with Crippen LogP contribution in [0.3, 0.4) is 0 Å². The van der Waals surface area contributed by atoms with Crippen molar-refractivity contribution in [1.82, 2.24) is 9.55 Å². The van der Waals surface area contributed by atoms with Crippen LogP contribution in [0.1, 0.15) is 28.1 Å². The molecule has 0 aliphatic rings. The summed E-state index contributed by atoms with van der Waals surface area (Å²) in [5.74, 6) is -0.526. The van der Waals surface area contributed by atoms with Crippen molar-refractivity contribution in [2.75, 3.05) is 0 Å². The summed E-state index contributed by atoms with van der Waals surface area (Å²) >= 11 is 0. The van der Waals surface area contributed by atoms with Gasteiger partial charge in [-0.05, 0) is 37.3 Å². The Morgan fingerprint density at radius 3 is 2.03 bits per heavy atom. The Labute approximate surface area is 196 Å². The fourth-order valence-corrected chi connectivity index (χ4v) is 3.81. The van der Waals surface area contributed by atoms with E-state index in [4.69, 9.17) is 11.0 Å². The molecule has 0 radical (unpaired) electrons. The Kier molecular flexibility index (Phi) is 5.81. The van der Waals surface area contributed by atoms with Gasteiger partial charge in [-0.25, -0.2) is 9.83 Å². The van der Waals surface area contributed by atoms with E-state index in [1.807, 2.05) is 0 Å². The molecule has 4 rings (SSSR count). The average molecular weight is 517 g/mol. The van der Waals surface area contributed by atoms with E-state index in [1.165, 1.54) is 23.6 Å². The third-order valence-electron chi connectivity index (χ3n) is 5.38. The van der Waals surface area contributed by atoms with Crippen LogP contribution in [0.15, 0.2) is 47.1 Å². The quantitative estimate of drug-likeness (QED) is 0.203. The number of aromatic nitrogens is 2. The summed E-state index contributed by atoms with van der Waals surface area (Å²) < 4.78 is 126. The fourth-order valence-electron chi connectivity index (χ4n) is 3.81. The maximum absolute atomic E-state index is 13.6. The smallest absolute Gasteiger partial charge is 0.416 e. The van der Waals surface area contributed by atoms with Crippen LogP contribution in [0.5, 0.6) is 0 Å². The van der Waals surface area contributed by atoms with Crippen LogP contribution >= 0.6 is 0 Å². The van der Waals surface area contributed by atoms with E-state index in [0.29, 0.717) is 17.8 Å². The molecule has 0 atom stereocenters. The number of rotatable bonds is 3. The SMILES string of the molecule is [C-]#[N+]c1ccc2c(cc(C)n2Cc2coc(-c3cc(C(F)(F)F)cc(C(F)(F)F)c3)n2)c1C(F)(F)F. The number of halogens is 9. The number of aryl methyl sites for hydroxylation is 1. The van der Waals surface area contributed by atoms with E-state index < -0.39 is 52.4 Å². The van der Waals surface area contributed by atoms with Crippen molar-refractivity contribution in [1.29, 1.82) is 0 Å². The van der Waals surface area contributed by atoms with Crippen LogP contribution in [-0.2, 0) is 25.1 Å². The number of hydrogen-bond acceptors (Lipinski definition) is 2. The zero-order chi connectivity index (χ0) is 26.6. The highest BCUT2D eigenvalue weighted by Crippen LogP contribution is 2.43. The number of oxazole rings is 1. The number of nitrogens with zero attached hydrogens (tertiary/aromatic N) is 3. The topological polar surface area (TPSA) is 35.3 Å². The van der Waals surface area contributed by atoms with Crippen molar-refractivity contribution < 1.29 is 43.9 Å². The van der Waals surface area contributed by atoms with Gasteiger partial charge in [-0.2, -0.15) is 39.5 Å². The minimum absolute atomic E-state index is 0.0295. The Morgan fingerprint density at radius 1 is 0.889 bits per heavy atom. The van der Waals surface area contributed by atoms with Gasteiger partial charge in [-0.3, -0.25) is 0 Å². The largest absolute Gasteiger partial charge is 0.444 e. The summed E-state index contributed by atoms with van der Waals surface area (Å²) in [6.45, 7) is 8.33. The first-order valence-electron chi connectivity index (χ1n) is 9.91. The van der Waals surface area contributed by atoms with Gasteiger partial charge in [0.25, 0.3) is 0 Å². The van der Waals surface area contributed by atoms with E-state index in [9.17, 15) is 39.5 Å². The third kappa shape index (κ3) is 4.62. The summed E-state index contributed by atoms with van der Waals surface area (Å²) in [5, 5.41) is -0.232. The summed E-state index contributed by atoms with van der Waals surface area (Å²) in [7, 11) is 0. The predicted molar refractivity (Wildman–Crippen MR) is 109 cm³/mol. The molecule has 0 saturated carbocycles. The van der Waals surface area contributed by atoms with Gasteiger partial charge >= 0.3 is 18.5 Å². The first-order chi connectivity index (χ1) is 16.6. The molecule has 188 valence electrons. The van der Waals surface area contributed by atoms with E-state index >= 15 is 0 Å². The molecule has 2 heterocycles. The van der Waals surface area contributed by atoms with Gasteiger partial charge in [0, 0.05) is 22.2 Å². The van der Waals surface area contributed by atoms with E-state index in [-0.39, 0.29) is 29.2 Å². The molecule has 0 aliphatic heterocycles. The van der Waals surface area contributed by atoms with Crippen LogP contribution in [0.25, 0.3) is 27.2 Å². The zero-order valence-electron chi connectivity index (χ0n) is 17.9. The van der Waals surface area contributed by atoms with Crippen LogP contribution < -0.4 is 0 Å². The first kappa shape index (κ1) is 25.2. The summed E-state index contributed by atoms with van der Waals surface area (Å²) in [4.78, 5) is 6.89. The minimum Gasteiger partial charge on any atom is -0.444 e. The average Bonchev–Trinajstić information content (AvgIpc) is 3.35. The molecule has 0 bridgehead atoms. The second kappa shape index (κ2) is 8.32. The lowest BCUT2D eigenvalue weighted by molar-refractivity contribution is -0.143. The molecule has 2 aromatic heterocycles. The highest BCUT2D eigenvalue weighted by Gasteiger charge is 2.38. The molecule has 0 aliphatic carbocycles. The van der Waals surface area contributed by atoms with E-state index in [1.54, 1.807) is 0 Å². The molecule has 0 spiro atoms. The van der Waals surface area contributed by atoms with Gasteiger partial charge in [-0.1, -0.05) is 6.07 Å². The highest BCUT2D eigenvalue weighted by atomic mass is 19.4. The van der Waals surface area contributed by atoms with E-state index in [0.717, 1.165) is 12.3 Å². The molecule has 0 saturated heterocycles. The predicted octanol–water partition coefficient (Wildman–Crippen LogP) is 8.26. The molecule has 36 heavy (non-hydrogen) atoms. The number of alkyl halides is 9. The molecule has 4 nitrogen and oxygen atoms in total. The van der Waals surface area contributed by atoms with Crippen LogP contribution in [-0.4, -0.2) is 9.55 Å². The van der Waals surface area contributed by atoms with Crippen LogP contribution in [0.4, 0.5) is 45.2 Å². The Balaban J connectivity index is 1.77. The fraction of sp³-hybridized carbons (Fsp3) is 0.217. The number of fused-ring (bicyclic) bond motifs is 1. The standard InChI is InChI=1S/C23H12F9N3O/c1-11-5-16-18(4-3-17(33-2)19(16)23(30,31)32)35(11)9-15-10-36-20(34-15)12-6-13(21(24,25)26)8-14(7-12)22(27,28)29/h3-8,10H,9H2,1H3. The molecule has 0 fully saturated rings. The second-order valence-electron chi connectivity index (χ2n) is 7.81. The lowest BCUT2D eigenvalue weighted by Crippen LogP contribution is -2.11. The van der Waals surface area contributed by atoms with Crippen molar-refractivity contribution in [3.63, 3.8) is 0 Å². The third-order valence-corrected chi connectivity index (χ3v) is 5.38. The lowest BCUT2D eigenvalue weighted by Gasteiger charge is -2.13. The van der Waals surface area contributed by atoms with Gasteiger partial charge in [0.2, 0.25) is 5.89 Å². The van der Waals surface area contributed by atoms with Crippen molar-refractivity contribution in [2.45, 2.75) is 32.0 Å². The maximum Gasteiger partial charge on any atom is 0.416 e. The normalized spacial score (nSPS) is 12.8. The highest BCUT2D eigenvalue weighted by molar-refractivity contribution is 5.90. The monoisotopic (exact) mass is 517 g/mol. The van der Waals surface area contributed by atoms with Gasteiger partial charge in [-0.15, -0.1) is 0 Å². The molecule has 4 aromatic rings. The first-order valence-corrected chi connectivity index (χ1v) is 9.91. The van der Waals surface area contributed by atoms with Gasteiger partial charge in [0.15, 0.2) is 5.69 Å². The maximum atomic E-state index is 13.6. The van der Waals surface area contributed by atoms with Gasteiger partial charge in [0.05, 0.1) is 35.5 Å². The van der Waals surface area contributed by atoms with Crippen molar-refractivity contribution in [3.05, 3.63) is 82.2 Å². The molecule has 13 heteroatoms. The zero-order valence-corrected chi connectivity index (χ0v) is 17.9. The van der Waals surface area contributed by atoms with Crippen LogP contribution in [0.2, 0.25) is 0 Å². The summed E-state index contributed by atoms with van der Waals surface area (Å²) in [6.07, 6.45) is -13.9. The second-order valence-corrected chi connectivity index (χ2v) is 7.81.